The van der Waals surface area contributed by atoms with Crippen LogP contribution in [0.1, 0.15) is 30.0 Å². The zero-order valence-electron chi connectivity index (χ0n) is 13.6. The molecule has 4 rings (SSSR count). The van der Waals surface area contributed by atoms with Crippen molar-refractivity contribution in [1.29, 1.82) is 0 Å². The number of halogens is 2. The molecule has 0 bridgehead atoms. The quantitative estimate of drug-likeness (QED) is 0.424. The van der Waals surface area contributed by atoms with Crippen molar-refractivity contribution in [2.24, 2.45) is 0 Å². The molecule has 1 aliphatic carbocycles. The number of hydrogen-bond donors (Lipinski definition) is 0. The van der Waals surface area contributed by atoms with E-state index in [1.165, 1.54) is 39.9 Å². The summed E-state index contributed by atoms with van der Waals surface area (Å²) in [6.45, 7) is 2.19. The molecule has 0 fully saturated rings. The Morgan fingerprint density at radius 1 is 0.750 bits per heavy atom. The highest BCUT2D eigenvalue weighted by Crippen LogP contribution is 2.39. The van der Waals surface area contributed by atoms with Crippen molar-refractivity contribution in [2.45, 2.75) is 26.2 Å². The molecule has 0 spiro atoms. The summed E-state index contributed by atoms with van der Waals surface area (Å²) >= 11 is 0. The van der Waals surface area contributed by atoms with Gasteiger partial charge < -0.3 is 0 Å². The van der Waals surface area contributed by atoms with E-state index in [-0.39, 0.29) is 0 Å². The summed E-state index contributed by atoms with van der Waals surface area (Å²) < 4.78 is 26.6. The zero-order chi connectivity index (χ0) is 16.7. The van der Waals surface area contributed by atoms with Crippen molar-refractivity contribution in [3.8, 4) is 22.3 Å². The fourth-order valence-electron chi connectivity index (χ4n) is 3.56. The molecule has 0 nitrogen and oxygen atoms in total. The Bertz CT molecular complexity index is 925. The zero-order valence-corrected chi connectivity index (χ0v) is 13.6. The molecule has 0 atom stereocenters. The first kappa shape index (κ1) is 15.1. The van der Waals surface area contributed by atoms with Gasteiger partial charge in [-0.05, 0) is 63.9 Å². The van der Waals surface area contributed by atoms with Crippen molar-refractivity contribution in [3.63, 3.8) is 0 Å². The van der Waals surface area contributed by atoms with Gasteiger partial charge in [-0.15, -0.1) is 0 Å². The number of hydrogen-bond acceptors (Lipinski definition) is 0. The van der Waals surface area contributed by atoms with Crippen LogP contribution in [0.3, 0.4) is 0 Å². The molecule has 0 N–H and O–H groups in total. The van der Waals surface area contributed by atoms with Gasteiger partial charge in [-0.1, -0.05) is 55.8 Å². The average molecular weight is 320 g/mol. The molecule has 0 aliphatic heterocycles. The lowest BCUT2D eigenvalue weighted by Crippen LogP contribution is -1.87. The maximum absolute atomic E-state index is 13.5. The minimum Gasteiger partial charge on any atom is -0.204 e. The van der Waals surface area contributed by atoms with Gasteiger partial charge in [0, 0.05) is 0 Å². The molecule has 3 aromatic rings. The Labute approximate surface area is 140 Å². The van der Waals surface area contributed by atoms with E-state index in [9.17, 15) is 8.78 Å². The summed E-state index contributed by atoms with van der Waals surface area (Å²) in [6.07, 6.45) is 3.15. The van der Waals surface area contributed by atoms with Gasteiger partial charge in [-0.3, -0.25) is 0 Å². The first-order valence-electron chi connectivity index (χ1n) is 8.36. The van der Waals surface area contributed by atoms with Gasteiger partial charge in [-0.25, -0.2) is 8.78 Å². The smallest absolute Gasteiger partial charge is 0.159 e. The van der Waals surface area contributed by atoms with Gasteiger partial charge in [0.2, 0.25) is 0 Å². The summed E-state index contributed by atoms with van der Waals surface area (Å²) in [7, 11) is 0. The fraction of sp³-hybridized carbons (Fsp3) is 0.182. The molecule has 0 radical (unpaired) electrons. The Kier molecular flexibility index (Phi) is 3.68. The second-order valence-corrected chi connectivity index (χ2v) is 6.42. The first-order chi connectivity index (χ1) is 11.7. The molecule has 0 saturated heterocycles. The van der Waals surface area contributed by atoms with E-state index in [0.29, 0.717) is 5.56 Å². The molecule has 0 aromatic heterocycles. The maximum Gasteiger partial charge on any atom is 0.159 e. The summed E-state index contributed by atoms with van der Waals surface area (Å²) in [6, 6.07) is 17.0. The second kappa shape index (κ2) is 5.86. The van der Waals surface area contributed by atoms with Crippen molar-refractivity contribution >= 4 is 0 Å². The van der Waals surface area contributed by atoms with Gasteiger partial charge in [0.25, 0.3) is 0 Å². The van der Waals surface area contributed by atoms with Gasteiger partial charge in [0.15, 0.2) is 11.6 Å². The SMILES string of the molecule is CCCc1ccc2c(c1)Cc1cc(-c3ccc(F)c(F)c3)ccc1-2. The number of benzene rings is 3. The van der Waals surface area contributed by atoms with Crippen LogP contribution in [-0.2, 0) is 12.8 Å². The highest BCUT2D eigenvalue weighted by Gasteiger charge is 2.19. The van der Waals surface area contributed by atoms with Gasteiger partial charge in [0.05, 0.1) is 0 Å². The van der Waals surface area contributed by atoms with Crippen molar-refractivity contribution < 1.29 is 8.78 Å². The van der Waals surface area contributed by atoms with E-state index in [1.54, 1.807) is 6.07 Å². The molecule has 120 valence electrons. The monoisotopic (exact) mass is 320 g/mol. The lowest BCUT2D eigenvalue weighted by Gasteiger charge is -2.06. The number of aryl methyl sites for hydroxylation is 1. The van der Waals surface area contributed by atoms with Crippen LogP contribution in [-0.4, -0.2) is 0 Å². The first-order valence-corrected chi connectivity index (χ1v) is 8.36. The second-order valence-electron chi connectivity index (χ2n) is 6.42. The van der Waals surface area contributed by atoms with Crippen LogP contribution in [0.4, 0.5) is 8.78 Å². The summed E-state index contributed by atoms with van der Waals surface area (Å²) in [4.78, 5) is 0. The Morgan fingerprint density at radius 2 is 1.42 bits per heavy atom. The molecular formula is C22H18F2. The van der Waals surface area contributed by atoms with E-state index in [2.05, 4.69) is 37.3 Å². The van der Waals surface area contributed by atoms with Crippen LogP contribution >= 0.6 is 0 Å². The Morgan fingerprint density at radius 3 is 2.17 bits per heavy atom. The normalized spacial score (nSPS) is 12.1. The highest BCUT2D eigenvalue weighted by molar-refractivity contribution is 5.80. The highest BCUT2D eigenvalue weighted by atomic mass is 19.2. The van der Waals surface area contributed by atoms with Gasteiger partial charge >= 0.3 is 0 Å². The molecule has 0 heterocycles. The van der Waals surface area contributed by atoms with Crippen molar-refractivity contribution in [2.75, 3.05) is 0 Å². The number of fused-ring (bicyclic) bond motifs is 3. The molecule has 0 saturated carbocycles. The van der Waals surface area contributed by atoms with Crippen LogP contribution in [0, 0.1) is 11.6 Å². The number of rotatable bonds is 3. The third-order valence-electron chi connectivity index (χ3n) is 4.74. The topological polar surface area (TPSA) is 0 Å². The molecule has 0 amide bonds. The molecule has 0 unspecified atom stereocenters. The maximum atomic E-state index is 13.5. The van der Waals surface area contributed by atoms with Gasteiger partial charge in [0.1, 0.15) is 0 Å². The summed E-state index contributed by atoms with van der Waals surface area (Å²) in [5, 5.41) is 0. The Hall–Kier alpha value is -2.48. The van der Waals surface area contributed by atoms with Crippen LogP contribution in [0.2, 0.25) is 0 Å². The van der Waals surface area contributed by atoms with E-state index in [1.807, 2.05) is 6.07 Å². The van der Waals surface area contributed by atoms with Crippen molar-refractivity contribution in [1.82, 2.24) is 0 Å². The Balaban J connectivity index is 1.72. The molecular weight excluding hydrogens is 302 g/mol. The lowest BCUT2D eigenvalue weighted by molar-refractivity contribution is 0.509. The standard InChI is InChI=1S/C22H18F2/c1-2-3-14-4-7-19-17(10-14)12-18-11-15(5-8-20(18)19)16-6-9-21(23)22(24)13-16/h4-11,13H,2-3,12H2,1H3. The minimum atomic E-state index is -0.809. The third kappa shape index (κ3) is 2.52. The lowest BCUT2D eigenvalue weighted by atomic mass is 9.98. The van der Waals surface area contributed by atoms with E-state index in [0.717, 1.165) is 24.8 Å². The average Bonchev–Trinajstić information content (AvgIpc) is 2.94. The summed E-state index contributed by atoms with van der Waals surface area (Å²) in [5.41, 5.74) is 8.17. The van der Waals surface area contributed by atoms with E-state index in [4.69, 9.17) is 0 Å². The van der Waals surface area contributed by atoms with Crippen LogP contribution in [0.15, 0.2) is 54.6 Å². The van der Waals surface area contributed by atoms with E-state index < -0.39 is 11.6 Å². The van der Waals surface area contributed by atoms with Gasteiger partial charge in [-0.2, -0.15) is 0 Å². The molecule has 24 heavy (non-hydrogen) atoms. The molecule has 1 aliphatic rings. The third-order valence-corrected chi connectivity index (χ3v) is 4.74. The summed E-state index contributed by atoms with van der Waals surface area (Å²) in [5.74, 6) is -1.61. The predicted molar refractivity (Wildman–Crippen MR) is 94.0 cm³/mol. The minimum absolute atomic E-state index is 0.708. The van der Waals surface area contributed by atoms with Crippen LogP contribution in [0.25, 0.3) is 22.3 Å². The van der Waals surface area contributed by atoms with Crippen molar-refractivity contribution in [3.05, 3.63) is 82.9 Å². The molecule has 2 heteroatoms. The molecule has 3 aromatic carbocycles. The fourth-order valence-corrected chi connectivity index (χ4v) is 3.56. The largest absolute Gasteiger partial charge is 0.204 e. The van der Waals surface area contributed by atoms with E-state index >= 15 is 0 Å². The van der Waals surface area contributed by atoms with Crippen LogP contribution < -0.4 is 0 Å². The van der Waals surface area contributed by atoms with Crippen LogP contribution in [0.5, 0.6) is 0 Å². The predicted octanol–water partition coefficient (Wildman–Crippen LogP) is 6.16.